The molecule has 1 aromatic rings. The number of aromatic nitrogens is 1. The monoisotopic (exact) mass is 193 g/mol. The molecule has 1 N–H and O–H groups in total. The lowest BCUT2D eigenvalue weighted by molar-refractivity contribution is 0.0934. The van der Waals surface area contributed by atoms with Crippen molar-refractivity contribution in [2.24, 2.45) is 0 Å². The van der Waals surface area contributed by atoms with Gasteiger partial charge in [-0.15, -0.1) is 11.3 Å². The summed E-state index contributed by atoms with van der Waals surface area (Å²) in [5, 5.41) is 13.0. The molecule has 0 aromatic carbocycles. The van der Waals surface area contributed by atoms with Crippen LogP contribution in [-0.2, 0) is 6.42 Å². The van der Waals surface area contributed by atoms with Crippen LogP contribution in [0, 0.1) is 0 Å². The first-order valence-electron chi connectivity index (χ1n) is 4.24. The van der Waals surface area contributed by atoms with Crippen LogP contribution >= 0.6 is 11.3 Å². The maximum Gasteiger partial charge on any atom is 0.0956 e. The summed E-state index contributed by atoms with van der Waals surface area (Å²) in [6.07, 6.45) is 10.7. The van der Waals surface area contributed by atoms with Crippen molar-refractivity contribution in [1.82, 2.24) is 4.98 Å². The minimum Gasteiger partial charge on any atom is -0.385 e. The van der Waals surface area contributed by atoms with Crippen LogP contribution in [0.25, 0.3) is 0 Å². The minimum absolute atomic E-state index is 0.617. The van der Waals surface area contributed by atoms with Crippen molar-refractivity contribution < 1.29 is 5.11 Å². The first-order valence-corrected chi connectivity index (χ1v) is 5.12. The molecule has 1 aliphatic carbocycles. The van der Waals surface area contributed by atoms with Gasteiger partial charge in [-0.05, 0) is 6.42 Å². The van der Waals surface area contributed by atoms with E-state index in [9.17, 15) is 5.11 Å². The van der Waals surface area contributed by atoms with E-state index < -0.39 is 5.60 Å². The first-order chi connectivity index (χ1) is 6.29. The number of hydrogen-bond donors (Lipinski definition) is 1. The molecule has 68 valence electrons. The molecule has 0 aliphatic heterocycles. The highest BCUT2D eigenvalue weighted by Crippen LogP contribution is 2.23. The molecule has 1 aromatic heterocycles. The Labute approximate surface area is 81.3 Å². The van der Waals surface area contributed by atoms with Gasteiger partial charge in [0, 0.05) is 18.0 Å². The third kappa shape index (κ3) is 2.05. The average Bonchev–Trinajstić information content (AvgIpc) is 2.57. The molecule has 0 saturated carbocycles. The molecule has 0 saturated heterocycles. The molecular formula is C10H11NOS. The molecule has 13 heavy (non-hydrogen) atoms. The summed E-state index contributed by atoms with van der Waals surface area (Å²) < 4.78 is 0. The molecule has 1 heterocycles. The Balaban J connectivity index is 2.09. The van der Waals surface area contributed by atoms with Crippen LogP contribution < -0.4 is 0 Å². The fourth-order valence-electron chi connectivity index (χ4n) is 1.39. The van der Waals surface area contributed by atoms with Crippen molar-refractivity contribution in [1.29, 1.82) is 0 Å². The normalized spacial score (nSPS) is 26.5. The molecule has 1 unspecified atom stereocenters. The van der Waals surface area contributed by atoms with Crippen LogP contribution in [-0.4, -0.2) is 15.7 Å². The largest absolute Gasteiger partial charge is 0.385 e. The molecule has 0 fully saturated rings. The van der Waals surface area contributed by atoms with Gasteiger partial charge < -0.3 is 5.11 Å². The van der Waals surface area contributed by atoms with Gasteiger partial charge in [-0.3, -0.25) is 0 Å². The van der Waals surface area contributed by atoms with Crippen molar-refractivity contribution in [2.75, 3.05) is 0 Å². The van der Waals surface area contributed by atoms with Gasteiger partial charge in [0.2, 0.25) is 0 Å². The van der Waals surface area contributed by atoms with E-state index in [0.29, 0.717) is 12.8 Å². The number of thiazole rings is 1. The van der Waals surface area contributed by atoms with E-state index in [0.717, 1.165) is 5.01 Å². The van der Waals surface area contributed by atoms with E-state index in [1.165, 1.54) is 0 Å². The molecule has 1 aliphatic rings. The molecule has 2 nitrogen and oxygen atoms in total. The molecule has 3 heteroatoms. The summed E-state index contributed by atoms with van der Waals surface area (Å²) in [4.78, 5) is 4.16. The molecular weight excluding hydrogens is 182 g/mol. The van der Waals surface area contributed by atoms with Crippen LogP contribution in [0.3, 0.4) is 0 Å². The maximum atomic E-state index is 10.1. The van der Waals surface area contributed by atoms with Crippen LogP contribution in [0.1, 0.15) is 11.4 Å². The molecule has 0 amide bonds. The Bertz CT molecular complexity index is 329. The van der Waals surface area contributed by atoms with Gasteiger partial charge in [0.05, 0.1) is 10.6 Å². The van der Waals surface area contributed by atoms with E-state index in [1.807, 2.05) is 29.7 Å². The number of rotatable bonds is 2. The second kappa shape index (κ2) is 3.44. The summed E-state index contributed by atoms with van der Waals surface area (Å²) in [5.41, 5.74) is -0.716. The van der Waals surface area contributed by atoms with E-state index >= 15 is 0 Å². The second-order valence-corrected chi connectivity index (χ2v) is 4.18. The Morgan fingerprint density at radius 1 is 1.54 bits per heavy atom. The van der Waals surface area contributed by atoms with E-state index in [2.05, 4.69) is 4.98 Å². The first kappa shape index (κ1) is 8.66. The number of aliphatic hydroxyl groups is 1. The molecule has 1 atom stereocenters. The van der Waals surface area contributed by atoms with Crippen molar-refractivity contribution in [2.45, 2.75) is 18.4 Å². The van der Waals surface area contributed by atoms with Gasteiger partial charge in [0.15, 0.2) is 0 Å². The predicted octanol–water partition coefficient (Wildman–Crippen LogP) is 1.93. The van der Waals surface area contributed by atoms with Gasteiger partial charge >= 0.3 is 0 Å². The molecule has 0 spiro atoms. The highest BCUT2D eigenvalue weighted by atomic mass is 32.1. The Hall–Kier alpha value is -0.930. The third-order valence-corrected chi connectivity index (χ3v) is 2.85. The lowest BCUT2D eigenvalue weighted by atomic mass is 9.92. The zero-order valence-electron chi connectivity index (χ0n) is 7.18. The van der Waals surface area contributed by atoms with Gasteiger partial charge in [0.1, 0.15) is 0 Å². The number of hydrogen-bond acceptors (Lipinski definition) is 3. The van der Waals surface area contributed by atoms with E-state index in [-0.39, 0.29) is 0 Å². The van der Waals surface area contributed by atoms with Gasteiger partial charge in [-0.1, -0.05) is 24.3 Å². The number of nitrogens with zero attached hydrogens (tertiary/aromatic N) is 1. The van der Waals surface area contributed by atoms with Crippen LogP contribution in [0.5, 0.6) is 0 Å². The standard InChI is InChI=1S/C10H11NOS/c12-10(4-2-1-3-5-10)8-9-11-6-7-13-9/h1-4,6-7,12H,5,8H2. The zero-order valence-corrected chi connectivity index (χ0v) is 8.00. The molecule has 2 rings (SSSR count). The summed E-state index contributed by atoms with van der Waals surface area (Å²) in [7, 11) is 0. The summed E-state index contributed by atoms with van der Waals surface area (Å²) in [6, 6.07) is 0. The zero-order chi connectivity index (χ0) is 9.15. The SMILES string of the molecule is OC1(Cc2nccs2)C=CC=CC1. The molecule has 0 bridgehead atoms. The second-order valence-electron chi connectivity index (χ2n) is 3.20. The Morgan fingerprint density at radius 2 is 2.46 bits per heavy atom. The topological polar surface area (TPSA) is 33.1 Å². The predicted molar refractivity (Wildman–Crippen MR) is 53.7 cm³/mol. The highest BCUT2D eigenvalue weighted by Gasteiger charge is 2.24. The van der Waals surface area contributed by atoms with Gasteiger partial charge in [-0.2, -0.15) is 0 Å². The third-order valence-electron chi connectivity index (χ3n) is 2.07. The molecule has 0 radical (unpaired) electrons. The average molecular weight is 193 g/mol. The highest BCUT2D eigenvalue weighted by molar-refractivity contribution is 7.09. The lowest BCUT2D eigenvalue weighted by Gasteiger charge is -2.23. The summed E-state index contributed by atoms with van der Waals surface area (Å²) in [6.45, 7) is 0. The number of allylic oxidation sites excluding steroid dienone is 2. The summed E-state index contributed by atoms with van der Waals surface area (Å²) in [5.74, 6) is 0. The quantitative estimate of drug-likeness (QED) is 0.778. The van der Waals surface area contributed by atoms with Gasteiger partial charge in [-0.25, -0.2) is 4.98 Å². The van der Waals surface area contributed by atoms with Crippen LogP contribution in [0.4, 0.5) is 0 Å². The van der Waals surface area contributed by atoms with Crippen molar-refractivity contribution in [3.63, 3.8) is 0 Å². The minimum atomic E-state index is -0.716. The Kier molecular flexibility index (Phi) is 2.29. The van der Waals surface area contributed by atoms with Crippen molar-refractivity contribution in [3.05, 3.63) is 40.9 Å². The fourth-order valence-corrected chi connectivity index (χ4v) is 2.12. The maximum absolute atomic E-state index is 10.1. The Morgan fingerprint density at radius 3 is 3.08 bits per heavy atom. The van der Waals surface area contributed by atoms with Crippen LogP contribution in [0.15, 0.2) is 35.9 Å². The smallest absolute Gasteiger partial charge is 0.0956 e. The van der Waals surface area contributed by atoms with Crippen molar-refractivity contribution >= 4 is 11.3 Å². The van der Waals surface area contributed by atoms with E-state index in [4.69, 9.17) is 0 Å². The van der Waals surface area contributed by atoms with E-state index in [1.54, 1.807) is 17.5 Å². The fraction of sp³-hybridized carbons (Fsp3) is 0.300. The van der Waals surface area contributed by atoms with Gasteiger partial charge in [0.25, 0.3) is 0 Å². The van der Waals surface area contributed by atoms with Crippen LogP contribution in [0.2, 0.25) is 0 Å². The van der Waals surface area contributed by atoms with Crippen molar-refractivity contribution in [3.8, 4) is 0 Å². The lowest BCUT2D eigenvalue weighted by Crippen LogP contribution is -2.29. The summed E-state index contributed by atoms with van der Waals surface area (Å²) >= 11 is 1.59.